The topological polar surface area (TPSA) is 93.7 Å². The zero-order valence-electron chi connectivity index (χ0n) is 17.5. The van der Waals surface area contributed by atoms with Gasteiger partial charge in [-0.2, -0.15) is 4.98 Å². The first-order valence-electron chi connectivity index (χ1n) is 9.22. The summed E-state index contributed by atoms with van der Waals surface area (Å²) in [5.41, 5.74) is 6.35. The molecule has 3 N–H and O–H groups in total. The van der Waals surface area contributed by atoms with Crippen molar-refractivity contribution in [2.45, 2.75) is 6.92 Å². The van der Waals surface area contributed by atoms with Crippen molar-refractivity contribution in [2.24, 2.45) is 5.73 Å². The highest BCUT2D eigenvalue weighted by Gasteiger charge is 2.21. The first kappa shape index (κ1) is 21.8. The minimum absolute atomic E-state index is 0.143. The number of ether oxygens (including phenoxy) is 3. The number of benzene rings is 2. The summed E-state index contributed by atoms with van der Waals surface area (Å²) in [5, 5.41) is 7.65. The van der Waals surface area contributed by atoms with Crippen molar-refractivity contribution >= 4 is 11.5 Å². The Morgan fingerprint density at radius 2 is 1.61 bits per heavy atom. The number of hydrogen-bond donors (Lipinski definition) is 2. The van der Waals surface area contributed by atoms with Crippen LogP contribution in [0.3, 0.4) is 0 Å². The molecular formula is C22H22F2N4O3. The first-order chi connectivity index (χ1) is 14.7. The number of halogens is 2. The van der Waals surface area contributed by atoms with Crippen molar-refractivity contribution in [2.75, 3.05) is 26.1 Å². The fraction of sp³-hybridized carbons (Fsp3) is 0.182. The molecule has 162 valence electrons. The molecule has 0 aliphatic carbocycles. The Bertz CT molecular complexity index is 1140. The van der Waals surface area contributed by atoms with Gasteiger partial charge in [0.2, 0.25) is 0 Å². The molecule has 7 nitrogen and oxygen atoms in total. The monoisotopic (exact) mass is 428 g/mol. The average molecular weight is 428 g/mol. The molecule has 0 amide bonds. The van der Waals surface area contributed by atoms with Crippen LogP contribution in [-0.2, 0) is 0 Å². The van der Waals surface area contributed by atoms with Gasteiger partial charge in [-0.05, 0) is 37.3 Å². The molecule has 31 heavy (non-hydrogen) atoms. The number of nitrogens with zero attached hydrogens (tertiary/aromatic N) is 2. The van der Waals surface area contributed by atoms with E-state index in [1.165, 1.54) is 32.2 Å². The zero-order valence-corrected chi connectivity index (χ0v) is 17.5. The van der Waals surface area contributed by atoms with Crippen LogP contribution in [0.25, 0.3) is 0 Å². The van der Waals surface area contributed by atoms with Gasteiger partial charge in [-0.15, -0.1) is 0 Å². The van der Waals surface area contributed by atoms with E-state index in [1.807, 2.05) is 25.1 Å². The highest BCUT2D eigenvalue weighted by Crippen LogP contribution is 2.34. The minimum Gasteiger partial charge on any atom is -0.496 e. The van der Waals surface area contributed by atoms with Gasteiger partial charge in [0.25, 0.3) is 11.8 Å². The number of anilines is 1. The Labute approximate surface area is 178 Å². The number of hydrogen-bond acceptors (Lipinski definition) is 6. The van der Waals surface area contributed by atoms with Gasteiger partial charge in [0.15, 0.2) is 11.6 Å². The third-order valence-corrected chi connectivity index (χ3v) is 4.46. The second-order valence-electron chi connectivity index (χ2n) is 6.85. The number of nitrogens with one attached hydrogen (secondary N) is 1. The highest BCUT2D eigenvalue weighted by atomic mass is 19.1. The number of nitrogens with two attached hydrogens (primary N) is 1. The van der Waals surface area contributed by atoms with Crippen LogP contribution in [0.1, 0.15) is 11.1 Å². The van der Waals surface area contributed by atoms with Crippen LogP contribution in [0.15, 0.2) is 42.5 Å². The van der Waals surface area contributed by atoms with Crippen molar-refractivity contribution < 1.29 is 23.0 Å². The molecular weight excluding hydrogens is 406 g/mol. The van der Waals surface area contributed by atoms with Crippen molar-refractivity contribution in [3.8, 4) is 29.0 Å². The Morgan fingerprint density at radius 1 is 1.00 bits per heavy atom. The normalized spacial score (nSPS) is 10.5. The van der Waals surface area contributed by atoms with Crippen molar-refractivity contribution in [1.29, 1.82) is 5.41 Å². The fourth-order valence-electron chi connectivity index (χ4n) is 2.75. The summed E-state index contributed by atoms with van der Waals surface area (Å²) in [4.78, 5) is 5.75. The largest absolute Gasteiger partial charge is 0.496 e. The second kappa shape index (κ2) is 8.86. The maximum absolute atomic E-state index is 14.7. The van der Waals surface area contributed by atoms with Crippen LogP contribution in [0.2, 0.25) is 0 Å². The predicted molar refractivity (Wildman–Crippen MR) is 114 cm³/mol. The van der Waals surface area contributed by atoms with Crippen LogP contribution in [0, 0.1) is 24.0 Å². The smallest absolute Gasteiger partial charge is 0.259 e. The first-order valence-corrected chi connectivity index (χ1v) is 9.22. The lowest BCUT2D eigenvalue weighted by molar-refractivity contribution is 0.372. The molecule has 2 aromatic carbocycles. The number of methoxy groups -OCH3 is 1. The molecule has 0 saturated carbocycles. The maximum Gasteiger partial charge on any atom is 0.259 e. The van der Waals surface area contributed by atoms with Crippen molar-refractivity contribution in [3.63, 3.8) is 0 Å². The quantitative estimate of drug-likeness (QED) is 0.422. The second-order valence-corrected chi connectivity index (χ2v) is 6.85. The van der Waals surface area contributed by atoms with Crippen molar-refractivity contribution in [1.82, 2.24) is 4.98 Å². The molecule has 1 heterocycles. The molecule has 3 aromatic rings. The summed E-state index contributed by atoms with van der Waals surface area (Å²) < 4.78 is 45.5. The van der Waals surface area contributed by atoms with Crippen LogP contribution in [0.4, 0.5) is 14.5 Å². The van der Waals surface area contributed by atoms with Gasteiger partial charge in [-0.1, -0.05) is 6.07 Å². The van der Waals surface area contributed by atoms with Crippen molar-refractivity contribution in [3.05, 3.63) is 65.2 Å². The standard InChI is InChI=1S/C22H22F2N4O3/c1-12-18(23)21(30-14-7-5-6-13(10-14)28(2)3)27-22(19(12)24)31-15-8-9-17(29-4)16(11-15)20(25)26/h5-11H,1-4H3,(H3,25,26). The Balaban J connectivity index is 1.97. The van der Waals surface area contributed by atoms with E-state index in [4.69, 9.17) is 25.4 Å². The Morgan fingerprint density at radius 3 is 2.16 bits per heavy atom. The van der Waals surface area contributed by atoms with Gasteiger partial charge in [0.05, 0.1) is 12.7 Å². The molecule has 3 rings (SSSR count). The maximum atomic E-state index is 14.7. The van der Waals surface area contributed by atoms with E-state index >= 15 is 0 Å². The molecule has 9 heteroatoms. The number of rotatable bonds is 7. The third-order valence-electron chi connectivity index (χ3n) is 4.46. The van der Waals surface area contributed by atoms with Gasteiger partial charge in [-0.25, -0.2) is 8.78 Å². The molecule has 1 aromatic heterocycles. The van der Waals surface area contributed by atoms with E-state index in [0.717, 1.165) is 5.69 Å². The van der Waals surface area contributed by atoms with Gasteiger partial charge in [0.1, 0.15) is 23.1 Å². The summed E-state index contributed by atoms with van der Waals surface area (Å²) in [5.74, 6) is -2.22. The zero-order chi connectivity index (χ0) is 22.7. The minimum atomic E-state index is -0.966. The number of pyridine rings is 1. The number of amidine groups is 1. The van der Waals surface area contributed by atoms with E-state index in [2.05, 4.69) is 4.98 Å². The van der Waals surface area contributed by atoms with Crippen LogP contribution in [0.5, 0.6) is 29.0 Å². The number of aromatic nitrogens is 1. The summed E-state index contributed by atoms with van der Waals surface area (Å²) in [7, 11) is 5.15. The van der Waals surface area contributed by atoms with Gasteiger partial charge >= 0.3 is 0 Å². The molecule has 0 aliphatic heterocycles. The summed E-state index contributed by atoms with van der Waals surface area (Å²) in [6.07, 6.45) is 0. The molecule has 0 fully saturated rings. The lowest BCUT2D eigenvalue weighted by Gasteiger charge is -2.15. The highest BCUT2D eigenvalue weighted by molar-refractivity contribution is 5.98. The SMILES string of the molecule is COc1ccc(Oc2nc(Oc3cccc(N(C)C)c3)c(F)c(C)c2F)cc1C(=N)N. The van der Waals surface area contributed by atoms with E-state index in [9.17, 15) is 8.78 Å². The molecule has 0 bridgehead atoms. The average Bonchev–Trinajstić information content (AvgIpc) is 2.75. The summed E-state index contributed by atoms with van der Waals surface area (Å²) in [6, 6.07) is 11.4. The Kier molecular flexibility index (Phi) is 6.24. The van der Waals surface area contributed by atoms with Crippen LogP contribution in [-0.4, -0.2) is 32.0 Å². The van der Waals surface area contributed by atoms with Gasteiger partial charge in [-0.3, -0.25) is 5.41 Å². The van der Waals surface area contributed by atoms with E-state index < -0.39 is 23.4 Å². The summed E-state index contributed by atoms with van der Waals surface area (Å²) in [6.45, 7) is 1.26. The summed E-state index contributed by atoms with van der Waals surface area (Å²) >= 11 is 0. The molecule has 0 radical (unpaired) electrons. The number of nitrogen functional groups attached to an aromatic ring is 1. The van der Waals surface area contributed by atoms with E-state index in [1.54, 1.807) is 18.2 Å². The van der Waals surface area contributed by atoms with E-state index in [-0.39, 0.29) is 22.7 Å². The lowest BCUT2D eigenvalue weighted by atomic mass is 10.1. The Hall–Kier alpha value is -3.88. The lowest BCUT2D eigenvalue weighted by Crippen LogP contribution is -2.12. The third kappa shape index (κ3) is 4.66. The molecule has 0 spiro atoms. The molecule has 0 unspecified atom stereocenters. The van der Waals surface area contributed by atoms with E-state index in [0.29, 0.717) is 11.5 Å². The van der Waals surface area contributed by atoms with Crippen LogP contribution >= 0.6 is 0 Å². The molecule has 0 saturated heterocycles. The molecule has 0 aliphatic rings. The van der Waals surface area contributed by atoms with Gasteiger partial charge in [0, 0.05) is 31.4 Å². The van der Waals surface area contributed by atoms with Gasteiger partial charge < -0.3 is 24.8 Å². The predicted octanol–water partition coefficient (Wildman–Crippen LogP) is 4.61. The van der Waals surface area contributed by atoms with Crippen LogP contribution < -0.4 is 24.8 Å². The fourth-order valence-corrected chi connectivity index (χ4v) is 2.75. The molecule has 0 atom stereocenters.